The van der Waals surface area contributed by atoms with Crippen molar-refractivity contribution in [1.29, 1.82) is 0 Å². The predicted octanol–water partition coefficient (Wildman–Crippen LogP) is 1.81. The molecular formula is C16H18N4O4. The van der Waals surface area contributed by atoms with Crippen molar-refractivity contribution >= 4 is 11.6 Å². The van der Waals surface area contributed by atoms with E-state index >= 15 is 0 Å². The number of nitro benzene ring substituents is 1. The molecule has 126 valence electrons. The number of carbonyl (C=O) groups excluding carboxylic acids is 1. The molecule has 0 aliphatic heterocycles. The van der Waals surface area contributed by atoms with Crippen LogP contribution >= 0.6 is 0 Å². The van der Waals surface area contributed by atoms with Crippen molar-refractivity contribution < 1.29 is 14.8 Å². The van der Waals surface area contributed by atoms with Gasteiger partial charge in [-0.05, 0) is 25.0 Å². The van der Waals surface area contributed by atoms with Crippen molar-refractivity contribution in [2.45, 2.75) is 37.8 Å². The largest absolute Gasteiger partial charge is 0.391 e. The van der Waals surface area contributed by atoms with Gasteiger partial charge >= 0.3 is 0 Å². The Morgan fingerprint density at radius 2 is 2.00 bits per heavy atom. The summed E-state index contributed by atoms with van der Waals surface area (Å²) in [5.41, 5.74) is 0.999. The second-order valence-corrected chi connectivity index (χ2v) is 5.88. The van der Waals surface area contributed by atoms with Gasteiger partial charge in [-0.25, -0.2) is 4.68 Å². The Balaban J connectivity index is 1.70. The minimum atomic E-state index is -0.507. The highest BCUT2D eigenvalue weighted by Crippen LogP contribution is 2.19. The Morgan fingerprint density at radius 3 is 2.67 bits per heavy atom. The molecule has 1 aromatic heterocycles. The molecule has 1 amide bonds. The topological polar surface area (TPSA) is 110 Å². The van der Waals surface area contributed by atoms with E-state index < -0.39 is 11.0 Å². The summed E-state index contributed by atoms with van der Waals surface area (Å²) >= 11 is 0. The number of nitro groups is 1. The van der Waals surface area contributed by atoms with Gasteiger partial charge in [0.15, 0.2) is 0 Å². The van der Waals surface area contributed by atoms with E-state index in [-0.39, 0.29) is 17.6 Å². The first kappa shape index (κ1) is 16.1. The molecule has 3 rings (SSSR count). The fourth-order valence-electron chi connectivity index (χ4n) is 2.84. The smallest absolute Gasteiger partial charge is 0.269 e. The SMILES string of the molecule is O=C(NC1CCCCC1O)c1cnn(-c2ccc([N+](=O)[O-])cc2)c1. The van der Waals surface area contributed by atoms with Gasteiger partial charge in [0, 0.05) is 18.3 Å². The minimum absolute atomic E-state index is 0.00448. The molecule has 8 heteroatoms. The number of aliphatic hydroxyl groups excluding tert-OH is 1. The van der Waals surface area contributed by atoms with Gasteiger partial charge in [-0.1, -0.05) is 12.8 Å². The van der Waals surface area contributed by atoms with Crippen LogP contribution in [0.2, 0.25) is 0 Å². The molecule has 8 nitrogen and oxygen atoms in total. The van der Waals surface area contributed by atoms with E-state index in [0.29, 0.717) is 17.7 Å². The van der Waals surface area contributed by atoms with Gasteiger partial charge in [-0.3, -0.25) is 14.9 Å². The summed E-state index contributed by atoms with van der Waals surface area (Å²) in [4.78, 5) is 22.5. The molecule has 0 spiro atoms. The summed E-state index contributed by atoms with van der Waals surface area (Å²) in [6.45, 7) is 0. The summed E-state index contributed by atoms with van der Waals surface area (Å²) < 4.78 is 1.48. The third-order valence-electron chi connectivity index (χ3n) is 4.22. The average Bonchev–Trinajstić information content (AvgIpc) is 3.07. The summed E-state index contributed by atoms with van der Waals surface area (Å²) in [5, 5.41) is 27.6. The number of carbonyl (C=O) groups is 1. The van der Waals surface area contributed by atoms with Crippen LogP contribution < -0.4 is 5.32 Å². The molecule has 0 bridgehead atoms. The molecular weight excluding hydrogens is 312 g/mol. The number of non-ortho nitro benzene ring substituents is 1. The van der Waals surface area contributed by atoms with Crippen LogP contribution in [0.3, 0.4) is 0 Å². The molecule has 1 aliphatic rings. The highest BCUT2D eigenvalue weighted by molar-refractivity contribution is 5.94. The van der Waals surface area contributed by atoms with Crippen molar-refractivity contribution in [2.24, 2.45) is 0 Å². The number of aromatic nitrogens is 2. The van der Waals surface area contributed by atoms with Crippen molar-refractivity contribution in [3.05, 3.63) is 52.3 Å². The average molecular weight is 330 g/mol. The minimum Gasteiger partial charge on any atom is -0.391 e. The quantitative estimate of drug-likeness (QED) is 0.656. The van der Waals surface area contributed by atoms with Crippen LogP contribution in [0.4, 0.5) is 5.69 Å². The summed E-state index contributed by atoms with van der Waals surface area (Å²) in [5.74, 6) is -0.283. The highest BCUT2D eigenvalue weighted by Gasteiger charge is 2.25. The van der Waals surface area contributed by atoms with Crippen molar-refractivity contribution in [1.82, 2.24) is 15.1 Å². The number of hydrogen-bond donors (Lipinski definition) is 2. The van der Waals surface area contributed by atoms with Crippen LogP contribution in [0.15, 0.2) is 36.7 Å². The van der Waals surface area contributed by atoms with Gasteiger partial charge in [-0.15, -0.1) is 0 Å². The second-order valence-electron chi connectivity index (χ2n) is 5.88. The van der Waals surface area contributed by atoms with Crippen LogP contribution in [0, 0.1) is 10.1 Å². The summed E-state index contributed by atoms with van der Waals surface area (Å²) in [7, 11) is 0. The summed E-state index contributed by atoms with van der Waals surface area (Å²) in [6, 6.07) is 5.67. The lowest BCUT2D eigenvalue weighted by Gasteiger charge is -2.28. The van der Waals surface area contributed by atoms with E-state index in [4.69, 9.17) is 0 Å². The molecule has 0 saturated heterocycles. The van der Waals surface area contributed by atoms with E-state index in [2.05, 4.69) is 10.4 Å². The predicted molar refractivity (Wildman–Crippen MR) is 85.9 cm³/mol. The third-order valence-corrected chi connectivity index (χ3v) is 4.22. The standard InChI is InChI=1S/C16H18N4O4/c21-15-4-2-1-3-14(15)18-16(22)11-9-17-19(10-11)12-5-7-13(8-6-12)20(23)24/h5-10,14-15,21H,1-4H2,(H,18,22). The van der Waals surface area contributed by atoms with Crippen molar-refractivity contribution in [3.63, 3.8) is 0 Å². The molecule has 2 aromatic rings. The van der Waals surface area contributed by atoms with E-state index in [1.807, 2.05) is 0 Å². The molecule has 24 heavy (non-hydrogen) atoms. The van der Waals surface area contributed by atoms with E-state index in [1.165, 1.54) is 23.0 Å². The second kappa shape index (κ2) is 6.79. The zero-order valence-electron chi connectivity index (χ0n) is 13.0. The number of hydrogen-bond acceptors (Lipinski definition) is 5. The van der Waals surface area contributed by atoms with Gasteiger partial charge in [0.2, 0.25) is 0 Å². The zero-order chi connectivity index (χ0) is 17.1. The maximum atomic E-state index is 12.3. The Kier molecular flexibility index (Phi) is 4.57. The first-order chi connectivity index (χ1) is 11.5. The fourth-order valence-corrected chi connectivity index (χ4v) is 2.84. The van der Waals surface area contributed by atoms with Crippen LogP contribution in [0.5, 0.6) is 0 Å². The monoisotopic (exact) mass is 330 g/mol. The van der Waals surface area contributed by atoms with E-state index in [9.17, 15) is 20.0 Å². The van der Waals surface area contributed by atoms with E-state index in [0.717, 1.165) is 19.3 Å². The molecule has 2 N–H and O–H groups in total. The number of aliphatic hydroxyl groups is 1. The molecule has 2 unspecified atom stereocenters. The first-order valence-corrected chi connectivity index (χ1v) is 7.83. The lowest BCUT2D eigenvalue weighted by atomic mass is 9.92. The maximum absolute atomic E-state index is 12.3. The maximum Gasteiger partial charge on any atom is 0.269 e. The lowest BCUT2D eigenvalue weighted by Crippen LogP contribution is -2.44. The van der Waals surface area contributed by atoms with Gasteiger partial charge in [0.1, 0.15) is 0 Å². The Bertz CT molecular complexity index is 741. The first-order valence-electron chi connectivity index (χ1n) is 7.83. The number of amides is 1. The van der Waals surface area contributed by atoms with Crippen LogP contribution in [-0.4, -0.2) is 37.9 Å². The van der Waals surface area contributed by atoms with Crippen LogP contribution in [0.1, 0.15) is 36.0 Å². The Morgan fingerprint density at radius 1 is 1.29 bits per heavy atom. The molecule has 1 heterocycles. The van der Waals surface area contributed by atoms with Gasteiger partial charge < -0.3 is 10.4 Å². The van der Waals surface area contributed by atoms with E-state index in [1.54, 1.807) is 18.3 Å². The molecule has 1 aromatic carbocycles. The number of benzene rings is 1. The van der Waals surface area contributed by atoms with Crippen LogP contribution in [-0.2, 0) is 0 Å². The fraction of sp³-hybridized carbons (Fsp3) is 0.375. The Labute approximate surface area is 138 Å². The highest BCUT2D eigenvalue weighted by atomic mass is 16.6. The van der Waals surface area contributed by atoms with Gasteiger partial charge in [0.05, 0.1) is 34.5 Å². The summed E-state index contributed by atoms with van der Waals surface area (Å²) in [6.07, 6.45) is 5.93. The van der Waals surface area contributed by atoms with Gasteiger partial charge in [0.25, 0.3) is 11.6 Å². The van der Waals surface area contributed by atoms with Crippen LogP contribution in [0.25, 0.3) is 5.69 Å². The van der Waals surface area contributed by atoms with Gasteiger partial charge in [-0.2, -0.15) is 5.10 Å². The Hall–Kier alpha value is -2.74. The molecule has 1 aliphatic carbocycles. The number of nitrogens with one attached hydrogen (secondary N) is 1. The van der Waals surface area contributed by atoms with Crippen molar-refractivity contribution in [3.8, 4) is 5.69 Å². The molecule has 1 fully saturated rings. The van der Waals surface area contributed by atoms with Crippen molar-refractivity contribution in [2.75, 3.05) is 0 Å². The zero-order valence-corrected chi connectivity index (χ0v) is 13.0. The normalized spacial score (nSPS) is 20.5. The molecule has 0 radical (unpaired) electrons. The molecule has 2 atom stereocenters. The third kappa shape index (κ3) is 3.43. The number of rotatable bonds is 4. The lowest BCUT2D eigenvalue weighted by molar-refractivity contribution is -0.384. The molecule has 1 saturated carbocycles. The number of nitrogens with zero attached hydrogens (tertiary/aromatic N) is 3.